The Morgan fingerprint density at radius 2 is 1.39 bits per heavy atom. The van der Waals surface area contributed by atoms with E-state index in [0.29, 0.717) is 5.54 Å². The monoisotopic (exact) mass is 340 g/mol. The highest BCUT2D eigenvalue weighted by atomic mass is 28.4. The molecular weight excluding hydrogens is 300 g/mol. The molecule has 2 aliphatic carbocycles. The molecule has 2 nitrogen and oxygen atoms in total. The number of rotatable bonds is 8. The maximum atomic E-state index is 6.81. The van der Waals surface area contributed by atoms with Crippen molar-refractivity contribution in [3.05, 3.63) is 0 Å². The quantitative estimate of drug-likeness (QED) is 0.483. The lowest BCUT2D eigenvalue weighted by atomic mass is 9.90. The van der Waals surface area contributed by atoms with Crippen molar-refractivity contribution in [3.8, 4) is 0 Å². The SMILES string of the molecule is CCCO[Si](OCCC)(C1CCCC(C)C1)C1C(C)CCC1C. The lowest BCUT2D eigenvalue weighted by molar-refractivity contribution is 0.126. The van der Waals surface area contributed by atoms with Crippen molar-refractivity contribution in [2.75, 3.05) is 13.2 Å². The third-order valence-corrected chi connectivity index (χ3v) is 11.4. The average Bonchev–Trinajstić information content (AvgIpc) is 2.88. The summed E-state index contributed by atoms with van der Waals surface area (Å²) in [4.78, 5) is 0. The van der Waals surface area contributed by atoms with E-state index in [0.717, 1.165) is 49.4 Å². The predicted molar refractivity (Wildman–Crippen MR) is 101 cm³/mol. The Kier molecular flexibility index (Phi) is 7.62. The molecule has 0 amide bonds. The Balaban J connectivity index is 2.31. The summed E-state index contributed by atoms with van der Waals surface area (Å²) in [7, 11) is -2.17. The fourth-order valence-corrected chi connectivity index (χ4v) is 11.1. The van der Waals surface area contributed by atoms with Gasteiger partial charge in [0.1, 0.15) is 0 Å². The standard InChI is InChI=1S/C20H40O2Si/c1-6-13-21-23(22-14-7-2,19-10-8-9-16(3)15-19)20-17(4)11-12-18(20)5/h16-20H,6-15H2,1-5H3. The maximum Gasteiger partial charge on any atom is 0.345 e. The smallest absolute Gasteiger partial charge is 0.345 e. The second kappa shape index (κ2) is 9.01. The molecule has 0 spiro atoms. The topological polar surface area (TPSA) is 18.5 Å². The van der Waals surface area contributed by atoms with Crippen LogP contribution >= 0.6 is 0 Å². The molecule has 23 heavy (non-hydrogen) atoms. The summed E-state index contributed by atoms with van der Waals surface area (Å²) in [6.07, 6.45) is 10.4. The highest BCUT2D eigenvalue weighted by molar-refractivity contribution is 6.70. The summed E-state index contributed by atoms with van der Waals surface area (Å²) in [5.41, 5.74) is 1.42. The Bertz CT molecular complexity index is 329. The van der Waals surface area contributed by atoms with Crippen molar-refractivity contribution in [3.63, 3.8) is 0 Å². The zero-order valence-electron chi connectivity index (χ0n) is 16.3. The largest absolute Gasteiger partial charge is 0.394 e. The van der Waals surface area contributed by atoms with E-state index >= 15 is 0 Å². The second-order valence-corrected chi connectivity index (χ2v) is 11.9. The third-order valence-electron chi connectivity index (χ3n) is 6.34. The molecule has 3 heteroatoms. The molecule has 0 aromatic carbocycles. The van der Waals surface area contributed by atoms with E-state index in [1.165, 1.54) is 38.5 Å². The van der Waals surface area contributed by atoms with Crippen LogP contribution in [0.5, 0.6) is 0 Å². The summed E-state index contributed by atoms with van der Waals surface area (Å²) in [6.45, 7) is 13.6. The van der Waals surface area contributed by atoms with Gasteiger partial charge in [0.2, 0.25) is 0 Å². The van der Waals surface area contributed by atoms with Crippen LogP contribution in [0, 0.1) is 17.8 Å². The van der Waals surface area contributed by atoms with Crippen LogP contribution in [0.2, 0.25) is 11.1 Å². The van der Waals surface area contributed by atoms with Crippen LogP contribution in [-0.2, 0) is 8.85 Å². The Labute approximate surface area is 146 Å². The highest BCUT2D eigenvalue weighted by Gasteiger charge is 2.57. The van der Waals surface area contributed by atoms with E-state index in [9.17, 15) is 0 Å². The minimum atomic E-state index is -2.17. The summed E-state index contributed by atoms with van der Waals surface area (Å²) < 4.78 is 13.6. The predicted octanol–water partition coefficient (Wildman–Crippen LogP) is 6.30. The second-order valence-electron chi connectivity index (χ2n) is 8.44. The van der Waals surface area contributed by atoms with Crippen molar-refractivity contribution in [2.45, 2.75) is 97.1 Å². The lowest BCUT2D eigenvalue weighted by Gasteiger charge is -2.47. The van der Waals surface area contributed by atoms with E-state index in [1.54, 1.807) is 0 Å². The Morgan fingerprint density at radius 1 is 0.826 bits per heavy atom. The summed E-state index contributed by atoms with van der Waals surface area (Å²) in [6, 6.07) is 0. The fourth-order valence-electron chi connectivity index (χ4n) is 5.30. The van der Waals surface area contributed by atoms with Gasteiger partial charge in [0.05, 0.1) is 0 Å². The summed E-state index contributed by atoms with van der Waals surface area (Å²) in [5, 5.41) is 0. The minimum Gasteiger partial charge on any atom is -0.394 e. The zero-order chi connectivity index (χ0) is 16.9. The van der Waals surface area contributed by atoms with E-state index in [4.69, 9.17) is 8.85 Å². The van der Waals surface area contributed by atoms with Gasteiger partial charge in [-0.3, -0.25) is 0 Å². The first-order chi connectivity index (χ1) is 11.0. The van der Waals surface area contributed by atoms with Gasteiger partial charge in [-0.2, -0.15) is 0 Å². The molecule has 0 bridgehead atoms. The van der Waals surface area contributed by atoms with Gasteiger partial charge >= 0.3 is 8.56 Å². The summed E-state index contributed by atoms with van der Waals surface area (Å²) in [5.74, 6) is 2.41. The minimum absolute atomic E-state index is 0.705. The molecule has 136 valence electrons. The van der Waals surface area contributed by atoms with Crippen molar-refractivity contribution in [2.24, 2.45) is 17.8 Å². The molecule has 2 saturated carbocycles. The first-order valence-electron chi connectivity index (χ1n) is 10.3. The molecule has 0 radical (unpaired) electrons. The molecule has 0 aliphatic heterocycles. The average molecular weight is 341 g/mol. The molecule has 4 unspecified atom stereocenters. The first-order valence-corrected chi connectivity index (χ1v) is 12.3. The van der Waals surface area contributed by atoms with Gasteiger partial charge in [-0.05, 0) is 43.4 Å². The maximum absolute atomic E-state index is 6.81. The van der Waals surface area contributed by atoms with Gasteiger partial charge in [-0.25, -0.2) is 0 Å². The zero-order valence-corrected chi connectivity index (χ0v) is 17.3. The van der Waals surface area contributed by atoms with Crippen LogP contribution in [0.1, 0.15) is 86.0 Å². The lowest BCUT2D eigenvalue weighted by Crippen LogP contribution is -2.54. The van der Waals surface area contributed by atoms with Crippen molar-refractivity contribution in [1.82, 2.24) is 0 Å². The Morgan fingerprint density at radius 3 is 1.87 bits per heavy atom. The molecule has 0 aromatic rings. The van der Waals surface area contributed by atoms with Gasteiger partial charge < -0.3 is 8.85 Å². The van der Waals surface area contributed by atoms with E-state index in [-0.39, 0.29) is 0 Å². The third kappa shape index (κ3) is 4.41. The molecule has 0 heterocycles. The van der Waals surface area contributed by atoms with Gasteiger partial charge in [0.25, 0.3) is 0 Å². The van der Waals surface area contributed by atoms with Crippen molar-refractivity contribution >= 4 is 8.56 Å². The molecule has 2 fully saturated rings. The number of hydrogen-bond acceptors (Lipinski definition) is 2. The van der Waals surface area contributed by atoms with Crippen LogP contribution in [0.15, 0.2) is 0 Å². The van der Waals surface area contributed by atoms with Crippen LogP contribution in [-0.4, -0.2) is 21.8 Å². The highest BCUT2D eigenvalue weighted by Crippen LogP contribution is 2.55. The van der Waals surface area contributed by atoms with Crippen LogP contribution in [0.25, 0.3) is 0 Å². The summed E-state index contributed by atoms with van der Waals surface area (Å²) >= 11 is 0. The van der Waals surface area contributed by atoms with Crippen LogP contribution in [0.4, 0.5) is 0 Å². The van der Waals surface area contributed by atoms with Gasteiger partial charge in [-0.1, -0.05) is 60.3 Å². The first kappa shape index (κ1) is 19.5. The molecule has 2 rings (SSSR count). The normalized spacial score (nSPS) is 35.6. The van der Waals surface area contributed by atoms with E-state index in [1.807, 2.05) is 0 Å². The Hall–Kier alpha value is 0.137. The van der Waals surface area contributed by atoms with Crippen molar-refractivity contribution < 1.29 is 8.85 Å². The van der Waals surface area contributed by atoms with Crippen LogP contribution in [0.3, 0.4) is 0 Å². The fraction of sp³-hybridized carbons (Fsp3) is 1.00. The van der Waals surface area contributed by atoms with Crippen molar-refractivity contribution in [1.29, 1.82) is 0 Å². The number of hydrogen-bond donors (Lipinski definition) is 0. The van der Waals surface area contributed by atoms with E-state index in [2.05, 4.69) is 34.6 Å². The van der Waals surface area contributed by atoms with Gasteiger partial charge in [-0.15, -0.1) is 0 Å². The molecule has 4 atom stereocenters. The molecule has 0 aromatic heterocycles. The van der Waals surface area contributed by atoms with Gasteiger partial charge in [0.15, 0.2) is 0 Å². The van der Waals surface area contributed by atoms with Crippen LogP contribution < -0.4 is 0 Å². The van der Waals surface area contributed by atoms with Gasteiger partial charge in [0, 0.05) is 24.3 Å². The molecule has 0 saturated heterocycles. The molecule has 2 aliphatic rings. The molecule has 0 N–H and O–H groups in total. The van der Waals surface area contributed by atoms with E-state index < -0.39 is 8.56 Å². The molecular formula is C20H40O2Si.